The zero-order valence-corrected chi connectivity index (χ0v) is 11.6. The van der Waals surface area contributed by atoms with E-state index in [0.29, 0.717) is 17.7 Å². The highest BCUT2D eigenvalue weighted by Gasteiger charge is 2.18. The van der Waals surface area contributed by atoms with E-state index >= 15 is 0 Å². The fraction of sp³-hybridized carbons (Fsp3) is 0.500. The predicted octanol–water partition coefficient (Wildman–Crippen LogP) is 1.04. The summed E-state index contributed by atoms with van der Waals surface area (Å²) < 4.78 is 19.3. The van der Waals surface area contributed by atoms with Crippen LogP contribution in [0.25, 0.3) is 0 Å². The fourth-order valence-electron chi connectivity index (χ4n) is 2.41. The average Bonchev–Trinajstić information content (AvgIpc) is 2.93. The van der Waals surface area contributed by atoms with Gasteiger partial charge in [0.15, 0.2) is 0 Å². The fourth-order valence-corrected chi connectivity index (χ4v) is 2.41. The molecule has 0 bridgehead atoms. The Morgan fingerprint density at radius 3 is 3.05 bits per heavy atom. The van der Waals surface area contributed by atoms with Gasteiger partial charge in [-0.25, -0.2) is 10.2 Å². The van der Waals surface area contributed by atoms with Crippen LogP contribution >= 0.6 is 0 Å². The number of carbonyl (C=O) groups is 1. The lowest BCUT2D eigenvalue weighted by atomic mass is 10.1. The summed E-state index contributed by atoms with van der Waals surface area (Å²) in [6.45, 7) is 1.99. The number of benzene rings is 1. The number of nitrogens with one attached hydrogen (secondary N) is 1. The number of hydrazine groups is 1. The van der Waals surface area contributed by atoms with Crippen LogP contribution in [0.4, 0.5) is 4.39 Å². The van der Waals surface area contributed by atoms with Crippen molar-refractivity contribution >= 4 is 5.91 Å². The maximum absolute atomic E-state index is 13.8. The number of halogens is 1. The van der Waals surface area contributed by atoms with Crippen molar-refractivity contribution in [1.82, 2.24) is 10.3 Å². The number of hydrogen-bond acceptors (Lipinski definition) is 4. The van der Waals surface area contributed by atoms with Gasteiger partial charge in [0, 0.05) is 30.8 Å². The minimum atomic E-state index is -0.423. The molecule has 1 heterocycles. The Kier molecular flexibility index (Phi) is 5.05. The van der Waals surface area contributed by atoms with E-state index < -0.39 is 5.91 Å². The molecule has 0 aromatic heterocycles. The van der Waals surface area contributed by atoms with E-state index in [9.17, 15) is 9.18 Å². The second kappa shape index (κ2) is 6.78. The Balaban J connectivity index is 2.01. The van der Waals surface area contributed by atoms with Crippen molar-refractivity contribution in [1.29, 1.82) is 0 Å². The Hall–Kier alpha value is -1.50. The molecule has 20 heavy (non-hydrogen) atoms. The molecule has 1 aromatic carbocycles. The first-order valence-corrected chi connectivity index (χ1v) is 6.69. The van der Waals surface area contributed by atoms with Crippen molar-refractivity contribution < 1.29 is 13.9 Å². The molecule has 3 N–H and O–H groups in total. The van der Waals surface area contributed by atoms with E-state index in [4.69, 9.17) is 10.6 Å². The highest BCUT2D eigenvalue weighted by molar-refractivity contribution is 5.93. The first-order valence-electron chi connectivity index (χ1n) is 6.69. The summed E-state index contributed by atoms with van der Waals surface area (Å²) in [4.78, 5) is 13.4. The molecule has 0 saturated carbocycles. The molecule has 1 saturated heterocycles. The molecule has 2 rings (SSSR count). The SMILES string of the molecule is CN(Cc1cc(C(=O)NN)ccc1F)CC1CCCO1. The van der Waals surface area contributed by atoms with Crippen LogP contribution in [0, 0.1) is 5.82 Å². The number of rotatable bonds is 5. The van der Waals surface area contributed by atoms with Gasteiger partial charge in [0.25, 0.3) is 5.91 Å². The monoisotopic (exact) mass is 281 g/mol. The predicted molar refractivity (Wildman–Crippen MR) is 73.4 cm³/mol. The van der Waals surface area contributed by atoms with E-state index in [1.165, 1.54) is 18.2 Å². The number of hydrogen-bond donors (Lipinski definition) is 2. The van der Waals surface area contributed by atoms with Gasteiger partial charge in [-0.15, -0.1) is 0 Å². The van der Waals surface area contributed by atoms with E-state index in [-0.39, 0.29) is 11.9 Å². The van der Waals surface area contributed by atoms with Gasteiger partial charge in [-0.05, 0) is 38.1 Å². The molecule has 6 heteroatoms. The molecule has 1 aliphatic rings. The maximum Gasteiger partial charge on any atom is 0.265 e. The molecule has 0 aliphatic carbocycles. The van der Waals surface area contributed by atoms with Gasteiger partial charge in [-0.1, -0.05) is 0 Å². The second-order valence-electron chi connectivity index (χ2n) is 5.11. The number of ether oxygens (including phenoxy) is 1. The van der Waals surface area contributed by atoms with Gasteiger partial charge in [0.2, 0.25) is 0 Å². The molecule has 1 amide bonds. The van der Waals surface area contributed by atoms with Crippen LogP contribution in [0.2, 0.25) is 0 Å². The third-order valence-electron chi connectivity index (χ3n) is 3.42. The van der Waals surface area contributed by atoms with E-state index in [1.54, 1.807) is 0 Å². The molecule has 1 aromatic rings. The smallest absolute Gasteiger partial charge is 0.265 e. The largest absolute Gasteiger partial charge is 0.377 e. The molecular formula is C14H20FN3O2. The van der Waals surface area contributed by atoms with Crippen LogP contribution in [0.15, 0.2) is 18.2 Å². The van der Waals surface area contributed by atoms with Crippen LogP contribution in [-0.2, 0) is 11.3 Å². The van der Waals surface area contributed by atoms with Crippen molar-refractivity contribution in [2.45, 2.75) is 25.5 Å². The Bertz CT molecular complexity index is 475. The standard InChI is InChI=1S/C14H20FN3O2/c1-18(9-12-3-2-6-20-12)8-11-7-10(14(19)17-16)4-5-13(11)15/h4-5,7,12H,2-3,6,8-9,16H2,1H3,(H,17,19). The highest BCUT2D eigenvalue weighted by Crippen LogP contribution is 2.16. The molecule has 0 radical (unpaired) electrons. The average molecular weight is 281 g/mol. The minimum Gasteiger partial charge on any atom is -0.377 e. The maximum atomic E-state index is 13.8. The van der Waals surface area contributed by atoms with Crippen LogP contribution in [-0.4, -0.2) is 37.1 Å². The van der Waals surface area contributed by atoms with Crippen molar-refractivity contribution in [3.8, 4) is 0 Å². The Morgan fingerprint density at radius 1 is 1.60 bits per heavy atom. The van der Waals surface area contributed by atoms with Gasteiger partial charge >= 0.3 is 0 Å². The number of likely N-dealkylation sites (N-methyl/N-ethyl adjacent to an activating group) is 1. The first-order chi connectivity index (χ1) is 9.60. The Morgan fingerprint density at radius 2 is 2.40 bits per heavy atom. The first kappa shape index (κ1) is 14.9. The summed E-state index contributed by atoms with van der Waals surface area (Å²) in [5.41, 5.74) is 2.88. The van der Waals surface area contributed by atoms with Gasteiger partial charge in [-0.2, -0.15) is 0 Å². The third kappa shape index (κ3) is 3.75. The highest BCUT2D eigenvalue weighted by atomic mass is 19.1. The summed E-state index contributed by atoms with van der Waals surface area (Å²) in [5.74, 6) is 4.34. The van der Waals surface area contributed by atoms with Gasteiger partial charge in [0.1, 0.15) is 5.82 Å². The molecule has 1 aliphatic heterocycles. The third-order valence-corrected chi connectivity index (χ3v) is 3.42. The molecule has 1 unspecified atom stereocenters. The number of nitrogen functional groups attached to an aromatic ring is 1. The molecule has 0 spiro atoms. The molecule has 1 atom stereocenters. The van der Waals surface area contributed by atoms with E-state index in [2.05, 4.69) is 0 Å². The van der Waals surface area contributed by atoms with E-state index in [1.807, 2.05) is 17.4 Å². The van der Waals surface area contributed by atoms with E-state index in [0.717, 1.165) is 26.0 Å². The normalized spacial score (nSPS) is 18.5. The van der Waals surface area contributed by atoms with Gasteiger partial charge in [-0.3, -0.25) is 15.1 Å². The lowest BCUT2D eigenvalue weighted by Gasteiger charge is -2.21. The summed E-state index contributed by atoms with van der Waals surface area (Å²) in [5, 5.41) is 0. The topological polar surface area (TPSA) is 67.6 Å². The van der Waals surface area contributed by atoms with Gasteiger partial charge < -0.3 is 4.74 Å². The lowest BCUT2D eigenvalue weighted by molar-refractivity contribution is 0.0789. The summed E-state index contributed by atoms with van der Waals surface area (Å²) in [6, 6.07) is 4.24. The summed E-state index contributed by atoms with van der Waals surface area (Å²) in [6.07, 6.45) is 2.35. The zero-order chi connectivity index (χ0) is 14.5. The van der Waals surface area contributed by atoms with Crippen molar-refractivity contribution in [3.05, 3.63) is 35.1 Å². The molecular weight excluding hydrogens is 261 g/mol. The summed E-state index contributed by atoms with van der Waals surface area (Å²) >= 11 is 0. The lowest BCUT2D eigenvalue weighted by Crippen LogP contribution is -2.31. The van der Waals surface area contributed by atoms with Crippen molar-refractivity contribution in [2.24, 2.45) is 5.84 Å². The zero-order valence-electron chi connectivity index (χ0n) is 11.6. The summed E-state index contributed by atoms with van der Waals surface area (Å²) in [7, 11) is 1.91. The Labute approximate surface area is 117 Å². The number of amides is 1. The second-order valence-corrected chi connectivity index (χ2v) is 5.11. The minimum absolute atomic E-state index is 0.221. The number of carbonyl (C=O) groups excluding carboxylic acids is 1. The van der Waals surface area contributed by atoms with Crippen LogP contribution < -0.4 is 11.3 Å². The van der Waals surface area contributed by atoms with Crippen LogP contribution in [0.1, 0.15) is 28.8 Å². The quantitative estimate of drug-likeness (QED) is 0.481. The number of nitrogens with zero attached hydrogens (tertiary/aromatic N) is 1. The van der Waals surface area contributed by atoms with Crippen LogP contribution in [0.3, 0.4) is 0 Å². The molecule has 5 nitrogen and oxygen atoms in total. The van der Waals surface area contributed by atoms with Gasteiger partial charge in [0.05, 0.1) is 6.10 Å². The van der Waals surface area contributed by atoms with Crippen LogP contribution in [0.5, 0.6) is 0 Å². The van der Waals surface area contributed by atoms with Crippen molar-refractivity contribution in [2.75, 3.05) is 20.2 Å². The van der Waals surface area contributed by atoms with Crippen molar-refractivity contribution in [3.63, 3.8) is 0 Å². The number of nitrogens with two attached hydrogens (primary N) is 1. The molecule has 110 valence electrons. The molecule has 1 fully saturated rings.